The summed E-state index contributed by atoms with van der Waals surface area (Å²) in [5.74, 6) is -4.81. The topological polar surface area (TPSA) is 57.6 Å². The summed E-state index contributed by atoms with van der Waals surface area (Å²) < 4.78 is 71.4. The Kier molecular flexibility index (Phi) is 4.38. The molecule has 0 rings (SSSR count). The minimum absolute atomic E-state index is 0.348. The van der Waals surface area contributed by atoms with Crippen LogP contribution in [0.4, 0.5) is 26.3 Å². The highest BCUT2D eigenvalue weighted by molar-refractivity contribution is 5.86. The summed E-state index contributed by atoms with van der Waals surface area (Å²) in [6.45, 7) is 0. The maximum Gasteiger partial charge on any atom is 0.471 e. The average molecular weight is 267 g/mol. The number of rotatable bonds is 3. The Hall–Kier alpha value is -1.48. The second-order valence-corrected chi connectivity index (χ2v) is 3.09. The fourth-order valence-electron chi connectivity index (χ4n) is 0.951. The van der Waals surface area contributed by atoms with Crippen LogP contribution in [0.2, 0.25) is 0 Å². The van der Waals surface area contributed by atoms with Crippen molar-refractivity contribution in [2.45, 2.75) is 24.8 Å². The zero-order valence-electron chi connectivity index (χ0n) is 8.26. The molecule has 10 heteroatoms. The summed E-state index contributed by atoms with van der Waals surface area (Å²) in [6, 6.07) is -2.61. The van der Waals surface area contributed by atoms with Crippen LogP contribution in [-0.2, 0) is 9.59 Å². The van der Waals surface area contributed by atoms with Gasteiger partial charge in [-0.15, -0.1) is 0 Å². The van der Waals surface area contributed by atoms with Crippen LogP contribution in [0.15, 0.2) is 0 Å². The van der Waals surface area contributed by atoms with Crippen LogP contribution in [0.5, 0.6) is 0 Å². The number of halogens is 6. The Balaban J connectivity index is 4.97. The third kappa shape index (κ3) is 4.91. The SMILES string of the molecule is CN(C(=O)C(F)(F)F)C(CC(F)(F)F)C(=O)O. The number of nitrogens with zero attached hydrogens (tertiary/aromatic N) is 1. The van der Waals surface area contributed by atoms with Gasteiger partial charge in [0.25, 0.3) is 0 Å². The molecule has 17 heavy (non-hydrogen) atoms. The quantitative estimate of drug-likeness (QED) is 0.786. The van der Waals surface area contributed by atoms with Crippen molar-refractivity contribution in [3.8, 4) is 0 Å². The minimum Gasteiger partial charge on any atom is -0.480 e. The second-order valence-electron chi connectivity index (χ2n) is 3.09. The van der Waals surface area contributed by atoms with Gasteiger partial charge in [0.05, 0.1) is 6.42 Å². The smallest absolute Gasteiger partial charge is 0.471 e. The first-order valence-electron chi connectivity index (χ1n) is 4.00. The van der Waals surface area contributed by atoms with Crippen molar-refractivity contribution < 1.29 is 41.0 Å². The summed E-state index contributed by atoms with van der Waals surface area (Å²) in [7, 11) is 0.348. The molecule has 0 saturated heterocycles. The van der Waals surface area contributed by atoms with Crippen LogP contribution < -0.4 is 0 Å². The third-order valence-corrected chi connectivity index (χ3v) is 1.74. The summed E-state index contributed by atoms with van der Waals surface area (Å²) >= 11 is 0. The van der Waals surface area contributed by atoms with Crippen LogP contribution >= 0.6 is 0 Å². The maximum absolute atomic E-state index is 11.9. The Morgan fingerprint density at radius 2 is 1.59 bits per heavy atom. The molecule has 0 spiro atoms. The third-order valence-electron chi connectivity index (χ3n) is 1.74. The van der Waals surface area contributed by atoms with Gasteiger partial charge >= 0.3 is 24.2 Å². The van der Waals surface area contributed by atoms with Gasteiger partial charge in [-0.25, -0.2) is 4.79 Å². The number of alkyl halides is 6. The van der Waals surface area contributed by atoms with E-state index in [0.717, 1.165) is 0 Å². The lowest BCUT2D eigenvalue weighted by Gasteiger charge is -2.26. The number of carbonyl (C=O) groups excluding carboxylic acids is 1. The number of hydrogen-bond donors (Lipinski definition) is 1. The minimum atomic E-state index is -5.42. The first-order chi connectivity index (χ1) is 7.36. The Morgan fingerprint density at radius 3 is 1.82 bits per heavy atom. The molecule has 1 atom stereocenters. The number of likely N-dealkylation sites (N-methyl/N-ethyl adjacent to an activating group) is 1. The monoisotopic (exact) mass is 267 g/mol. The van der Waals surface area contributed by atoms with E-state index >= 15 is 0 Å². The van der Waals surface area contributed by atoms with E-state index in [1.165, 1.54) is 0 Å². The van der Waals surface area contributed by atoms with E-state index in [4.69, 9.17) is 5.11 Å². The van der Waals surface area contributed by atoms with Crippen molar-refractivity contribution in [3.63, 3.8) is 0 Å². The molecule has 0 aromatic carbocycles. The largest absolute Gasteiger partial charge is 0.480 e. The van der Waals surface area contributed by atoms with Gasteiger partial charge in [-0.1, -0.05) is 0 Å². The van der Waals surface area contributed by atoms with Gasteiger partial charge in [-0.3, -0.25) is 4.79 Å². The highest BCUT2D eigenvalue weighted by Crippen LogP contribution is 2.26. The fourth-order valence-corrected chi connectivity index (χ4v) is 0.951. The van der Waals surface area contributed by atoms with E-state index in [-0.39, 0.29) is 0 Å². The van der Waals surface area contributed by atoms with E-state index in [2.05, 4.69) is 0 Å². The lowest BCUT2D eigenvalue weighted by atomic mass is 10.1. The maximum atomic E-state index is 11.9. The Morgan fingerprint density at radius 1 is 1.18 bits per heavy atom. The van der Waals surface area contributed by atoms with Gasteiger partial charge in [0.15, 0.2) is 0 Å². The van der Waals surface area contributed by atoms with Crippen molar-refractivity contribution in [2.24, 2.45) is 0 Å². The van der Waals surface area contributed by atoms with E-state index in [1.54, 1.807) is 0 Å². The first kappa shape index (κ1) is 15.5. The lowest BCUT2D eigenvalue weighted by molar-refractivity contribution is -0.194. The van der Waals surface area contributed by atoms with Crippen molar-refractivity contribution in [1.29, 1.82) is 0 Å². The summed E-state index contributed by atoms with van der Waals surface area (Å²) in [5, 5.41) is 8.36. The number of carboxylic acid groups (broad SMARTS) is 1. The Labute approximate surface area is 90.8 Å². The molecule has 0 fully saturated rings. The van der Waals surface area contributed by atoms with Crippen LogP contribution in [0.3, 0.4) is 0 Å². The van der Waals surface area contributed by atoms with Gasteiger partial charge in [-0.2, -0.15) is 26.3 Å². The van der Waals surface area contributed by atoms with Gasteiger partial charge < -0.3 is 10.0 Å². The summed E-state index contributed by atoms with van der Waals surface area (Å²) in [6.07, 6.45) is -12.5. The molecule has 0 aliphatic heterocycles. The molecule has 0 aliphatic carbocycles. The molecule has 1 amide bonds. The molecule has 0 aromatic heterocycles. The molecule has 0 aromatic rings. The first-order valence-corrected chi connectivity index (χ1v) is 4.00. The predicted octanol–water partition coefficient (Wildman–Crippen LogP) is 1.41. The van der Waals surface area contributed by atoms with Crippen molar-refractivity contribution in [1.82, 2.24) is 4.90 Å². The molecule has 4 nitrogen and oxygen atoms in total. The van der Waals surface area contributed by atoms with Crippen LogP contribution in [0.25, 0.3) is 0 Å². The van der Waals surface area contributed by atoms with Crippen LogP contribution in [-0.4, -0.2) is 47.3 Å². The van der Waals surface area contributed by atoms with E-state index in [9.17, 15) is 35.9 Å². The number of hydrogen-bond acceptors (Lipinski definition) is 2. The van der Waals surface area contributed by atoms with Crippen LogP contribution in [0, 0.1) is 0 Å². The molecule has 0 heterocycles. The van der Waals surface area contributed by atoms with Gasteiger partial charge in [0.1, 0.15) is 6.04 Å². The van der Waals surface area contributed by atoms with Gasteiger partial charge in [-0.05, 0) is 0 Å². The van der Waals surface area contributed by atoms with Gasteiger partial charge in [0.2, 0.25) is 0 Å². The highest BCUT2D eigenvalue weighted by Gasteiger charge is 2.47. The number of carboxylic acids is 1. The standard InChI is InChI=1S/C7H7F6NO3/c1-14(5(17)7(11,12)13)3(4(15)16)2-6(8,9)10/h3H,2H2,1H3,(H,15,16). The zero-order valence-corrected chi connectivity index (χ0v) is 8.26. The summed E-state index contributed by atoms with van der Waals surface area (Å²) in [5.41, 5.74) is 0. The normalized spacial score (nSPS) is 14.3. The molecular weight excluding hydrogens is 260 g/mol. The number of carbonyl (C=O) groups is 2. The predicted molar refractivity (Wildman–Crippen MR) is 40.9 cm³/mol. The number of amides is 1. The molecule has 1 N–H and O–H groups in total. The van der Waals surface area contributed by atoms with Crippen molar-refractivity contribution >= 4 is 11.9 Å². The lowest BCUT2D eigenvalue weighted by Crippen LogP contribution is -2.49. The molecule has 0 aliphatic rings. The molecule has 0 bridgehead atoms. The van der Waals surface area contributed by atoms with E-state index in [0.29, 0.717) is 7.05 Å². The molecule has 0 radical (unpaired) electrons. The summed E-state index contributed by atoms with van der Waals surface area (Å²) in [4.78, 5) is 20.5. The number of aliphatic carboxylic acids is 1. The van der Waals surface area contributed by atoms with E-state index in [1.807, 2.05) is 0 Å². The van der Waals surface area contributed by atoms with Gasteiger partial charge in [0, 0.05) is 7.05 Å². The zero-order chi connectivity index (χ0) is 14.0. The van der Waals surface area contributed by atoms with Crippen LogP contribution in [0.1, 0.15) is 6.42 Å². The molecule has 0 saturated carbocycles. The van der Waals surface area contributed by atoms with Crippen molar-refractivity contribution in [2.75, 3.05) is 7.05 Å². The molecule has 100 valence electrons. The molecule has 1 unspecified atom stereocenters. The fraction of sp³-hybridized carbons (Fsp3) is 0.714. The van der Waals surface area contributed by atoms with E-state index < -0.39 is 41.6 Å². The Bertz CT molecular complexity index is 310. The second kappa shape index (κ2) is 4.80. The highest BCUT2D eigenvalue weighted by atomic mass is 19.4. The molecular formula is C7H7F6NO3. The van der Waals surface area contributed by atoms with Crippen molar-refractivity contribution in [3.05, 3.63) is 0 Å². The average Bonchev–Trinajstić information content (AvgIpc) is 2.08.